The van der Waals surface area contributed by atoms with Crippen LogP contribution < -0.4 is 10.1 Å². The summed E-state index contributed by atoms with van der Waals surface area (Å²) < 4.78 is 51.4. The lowest BCUT2D eigenvalue weighted by molar-refractivity contribution is -0.0505. The summed E-state index contributed by atoms with van der Waals surface area (Å²) >= 11 is 3.24. The number of benzene rings is 1. The Kier molecular flexibility index (Phi) is 6.15. The Hall–Kier alpha value is -0.730. The van der Waals surface area contributed by atoms with Crippen LogP contribution in [0.3, 0.4) is 0 Å². The molecule has 0 atom stereocenters. The van der Waals surface area contributed by atoms with Crippen LogP contribution in [0.4, 0.5) is 8.78 Å². The molecule has 0 bridgehead atoms. The molecule has 1 aromatic carbocycles. The lowest BCUT2D eigenvalue weighted by Gasteiger charge is -2.11. The van der Waals surface area contributed by atoms with Crippen molar-refractivity contribution in [3.63, 3.8) is 0 Å². The minimum atomic E-state index is -3.04. The first-order chi connectivity index (χ1) is 8.78. The molecule has 0 radical (unpaired) electrons. The van der Waals surface area contributed by atoms with Gasteiger partial charge in [-0.25, -0.2) is 8.42 Å². The molecule has 0 saturated heterocycles. The molecule has 108 valence electrons. The second kappa shape index (κ2) is 7.16. The van der Waals surface area contributed by atoms with Crippen LogP contribution in [0.5, 0.6) is 5.75 Å². The van der Waals surface area contributed by atoms with Gasteiger partial charge in [0.15, 0.2) is 0 Å². The number of hydrogen-bond acceptors (Lipinski definition) is 4. The summed E-state index contributed by atoms with van der Waals surface area (Å²) in [6.45, 7) is -2.40. The number of ether oxygens (including phenoxy) is 1. The van der Waals surface area contributed by atoms with E-state index in [4.69, 9.17) is 0 Å². The van der Waals surface area contributed by atoms with E-state index in [9.17, 15) is 17.2 Å². The predicted molar refractivity (Wildman–Crippen MR) is 72.2 cm³/mol. The molecule has 0 heterocycles. The molecule has 1 aromatic rings. The summed E-state index contributed by atoms with van der Waals surface area (Å²) in [6.07, 6.45) is 1.14. The van der Waals surface area contributed by atoms with Crippen LogP contribution >= 0.6 is 15.9 Å². The molecule has 19 heavy (non-hydrogen) atoms. The lowest BCUT2D eigenvalue weighted by atomic mass is 10.2. The van der Waals surface area contributed by atoms with Gasteiger partial charge in [0.25, 0.3) is 0 Å². The molecule has 0 aliphatic rings. The van der Waals surface area contributed by atoms with E-state index in [-0.39, 0.29) is 24.6 Å². The van der Waals surface area contributed by atoms with Gasteiger partial charge in [-0.3, -0.25) is 0 Å². The van der Waals surface area contributed by atoms with Crippen LogP contribution in [-0.4, -0.2) is 33.6 Å². The van der Waals surface area contributed by atoms with Crippen molar-refractivity contribution in [1.29, 1.82) is 0 Å². The van der Waals surface area contributed by atoms with E-state index in [0.29, 0.717) is 5.56 Å². The Bertz CT molecular complexity index is 523. The van der Waals surface area contributed by atoms with Gasteiger partial charge in [-0.1, -0.05) is 15.9 Å². The SMILES string of the molecule is CS(=O)(=O)CCNCc1cc(Br)ccc1OC(F)F. The number of sulfone groups is 1. The Morgan fingerprint density at radius 2 is 2.11 bits per heavy atom. The van der Waals surface area contributed by atoms with Crippen LogP contribution in [0.15, 0.2) is 22.7 Å². The lowest BCUT2D eigenvalue weighted by Crippen LogP contribution is -2.22. The van der Waals surface area contributed by atoms with Gasteiger partial charge in [-0.15, -0.1) is 0 Å². The second-order valence-corrected chi connectivity index (χ2v) is 7.11. The maximum absolute atomic E-state index is 12.2. The van der Waals surface area contributed by atoms with Crippen molar-refractivity contribution in [2.75, 3.05) is 18.6 Å². The highest BCUT2D eigenvalue weighted by molar-refractivity contribution is 9.10. The van der Waals surface area contributed by atoms with Crippen molar-refractivity contribution in [3.8, 4) is 5.75 Å². The van der Waals surface area contributed by atoms with E-state index < -0.39 is 16.4 Å². The molecule has 0 aromatic heterocycles. The average Bonchev–Trinajstić information content (AvgIpc) is 2.26. The van der Waals surface area contributed by atoms with Gasteiger partial charge in [0.05, 0.1) is 5.75 Å². The first-order valence-electron chi connectivity index (χ1n) is 5.39. The summed E-state index contributed by atoms with van der Waals surface area (Å²) in [5, 5.41) is 2.87. The first kappa shape index (κ1) is 16.3. The highest BCUT2D eigenvalue weighted by Gasteiger charge is 2.10. The fourth-order valence-corrected chi connectivity index (χ4v) is 2.30. The quantitative estimate of drug-likeness (QED) is 0.760. The average molecular weight is 358 g/mol. The van der Waals surface area contributed by atoms with E-state index >= 15 is 0 Å². The molecule has 0 aliphatic heterocycles. The summed E-state index contributed by atoms with van der Waals surface area (Å²) in [5.74, 6) is 0.0662. The monoisotopic (exact) mass is 357 g/mol. The minimum Gasteiger partial charge on any atom is -0.434 e. The summed E-state index contributed by atoms with van der Waals surface area (Å²) in [7, 11) is -3.04. The van der Waals surface area contributed by atoms with Crippen LogP contribution in [-0.2, 0) is 16.4 Å². The first-order valence-corrected chi connectivity index (χ1v) is 8.25. The van der Waals surface area contributed by atoms with Gasteiger partial charge < -0.3 is 10.1 Å². The third kappa shape index (κ3) is 6.84. The Labute approximate surface area is 119 Å². The van der Waals surface area contributed by atoms with Crippen molar-refractivity contribution in [2.45, 2.75) is 13.2 Å². The van der Waals surface area contributed by atoms with Crippen molar-refractivity contribution >= 4 is 25.8 Å². The van der Waals surface area contributed by atoms with E-state index in [2.05, 4.69) is 26.0 Å². The van der Waals surface area contributed by atoms with Gasteiger partial charge in [0.1, 0.15) is 15.6 Å². The van der Waals surface area contributed by atoms with Gasteiger partial charge in [0, 0.05) is 29.4 Å². The predicted octanol–water partition coefficient (Wildman–Crippen LogP) is 2.18. The fourth-order valence-electron chi connectivity index (χ4n) is 1.38. The van der Waals surface area contributed by atoms with Crippen LogP contribution in [0.1, 0.15) is 5.56 Å². The van der Waals surface area contributed by atoms with E-state index in [1.54, 1.807) is 12.1 Å². The Morgan fingerprint density at radius 1 is 1.42 bits per heavy atom. The highest BCUT2D eigenvalue weighted by atomic mass is 79.9. The molecule has 0 spiro atoms. The minimum absolute atomic E-state index is 0.00790. The molecular formula is C11H14BrF2NO3S. The van der Waals surface area contributed by atoms with Crippen molar-refractivity contribution in [1.82, 2.24) is 5.32 Å². The largest absolute Gasteiger partial charge is 0.434 e. The van der Waals surface area contributed by atoms with Crippen molar-refractivity contribution in [3.05, 3.63) is 28.2 Å². The van der Waals surface area contributed by atoms with Crippen molar-refractivity contribution < 1.29 is 21.9 Å². The third-order valence-electron chi connectivity index (χ3n) is 2.20. The fraction of sp³-hybridized carbons (Fsp3) is 0.455. The zero-order chi connectivity index (χ0) is 14.5. The third-order valence-corrected chi connectivity index (χ3v) is 3.64. The standard InChI is InChI=1S/C11H14BrF2NO3S/c1-19(16,17)5-4-15-7-8-6-9(12)2-3-10(8)18-11(13)14/h2-3,6,11,15H,4-5,7H2,1H3. The number of halogens is 3. The maximum Gasteiger partial charge on any atom is 0.387 e. The number of hydrogen-bond donors (Lipinski definition) is 1. The van der Waals surface area contributed by atoms with E-state index in [1.165, 1.54) is 6.07 Å². The summed E-state index contributed by atoms with van der Waals surface area (Å²) in [5.41, 5.74) is 0.531. The zero-order valence-corrected chi connectivity index (χ0v) is 12.6. The maximum atomic E-state index is 12.2. The van der Waals surface area contributed by atoms with Crippen LogP contribution in [0, 0.1) is 0 Å². The van der Waals surface area contributed by atoms with Gasteiger partial charge in [-0.05, 0) is 18.2 Å². The molecular weight excluding hydrogens is 344 g/mol. The molecule has 0 saturated carbocycles. The van der Waals surface area contributed by atoms with Gasteiger partial charge in [-0.2, -0.15) is 8.78 Å². The molecule has 4 nitrogen and oxygen atoms in total. The Morgan fingerprint density at radius 3 is 2.68 bits per heavy atom. The van der Waals surface area contributed by atoms with Crippen LogP contribution in [0.2, 0.25) is 0 Å². The number of rotatable bonds is 7. The second-order valence-electron chi connectivity index (χ2n) is 3.94. The topological polar surface area (TPSA) is 55.4 Å². The van der Waals surface area contributed by atoms with Crippen LogP contribution in [0.25, 0.3) is 0 Å². The van der Waals surface area contributed by atoms with Crippen molar-refractivity contribution in [2.24, 2.45) is 0 Å². The molecule has 1 N–H and O–H groups in total. The zero-order valence-electron chi connectivity index (χ0n) is 10.2. The van der Waals surface area contributed by atoms with E-state index in [0.717, 1.165) is 10.7 Å². The Balaban J connectivity index is 2.63. The molecule has 0 unspecified atom stereocenters. The number of alkyl halides is 2. The summed E-state index contributed by atoms with van der Waals surface area (Å²) in [4.78, 5) is 0. The molecule has 0 amide bonds. The molecule has 0 fully saturated rings. The highest BCUT2D eigenvalue weighted by Crippen LogP contribution is 2.24. The molecule has 8 heteroatoms. The van der Waals surface area contributed by atoms with Gasteiger partial charge in [0.2, 0.25) is 0 Å². The molecule has 0 aliphatic carbocycles. The normalized spacial score (nSPS) is 11.8. The summed E-state index contributed by atoms with van der Waals surface area (Å²) in [6, 6.07) is 4.67. The molecule has 1 rings (SSSR count). The smallest absolute Gasteiger partial charge is 0.387 e. The van der Waals surface area contributed by atoms with Gasteiger partial charge >= 0.3 is 6.61 Å². The number of nitrogens with one attached hydrogen (secondary N) is 1. The van der Waals surface area contributed by atoms with E-state index in [1.807, 2.05) is 0 Å².